The van der Waals surface area contributed by atoms with Crippen LogP contribution in [0.15, 0.2) is 0 Å². The Balaban J connectivity index is 2.34. The van der Waals surface area contributed by atoms with Gasteiger partial charge in [-0.05, 0) is 39.5 Å². The first-order chi connectivity index (χ1) is 7.41. The summed E-state index contributed by atoms with van der Waals surface area (Å²) in [5, 5.41) is 0. The average molecular weight is 338 g/mol. The predicted octanol–water partition coefficient (Wildman–Crippen LogP) is 2.70. The number of hydrogen-bond acceptors (Lipinski definition) is 3. The second kappa shape index (κ2) is 3.83. The van der Waals surface area contributed by atoms with Crippen molar-refractivity contribution in [1.82, 2.24) is 0 Å². The Morgan fingerprint density at radius 2 is 1.88 bits per heavy atom. The van der Waals surface area contributed by atoms with E-state index in [2.05, 4.69) is 22.6 Å². The molecule has 2 saturated heterocycles. The molecule has 4 heteroatoms. The molecule has 0 N–H and O–H groups in total. The number of fused-ring (bicyclic) bond motifs is 3. The van der Waals surface area contributed by atoms with Gasteiger partial charge in [0.1, 0.15) is 0 Å². The Kier molecular flexibility index (Phi) is 3.02. The lowest BCUT2D eigenvalue weighted by Crippen LogP contribution is -2.65. The SMILES string of the molecule is COC(=O)C12CCC(CI)(CC1)OC2(C)C. The van der Waals surface area contributed by atoms with Crippen LogP contribution in [-0.4, -0.2) is 28.7 Å². The molecule has 92 valence electrons. The molecule has 3 nitrogen and oxygen atoms in total. The third-order valence-corrected chi connectivity index (χ3v) is 5.85. The minimum atomic E-state index is -0.421. The fourth-order valence-electron chi connectivity index (χ4n) is 3.28. The molecule has 0 spiro atoms. The summed E-state index contributed by atoms with van der Waals surface area (Å²) in [6.45, 7) is 4.06. The van der Waals surface area contributed by atoms with Crippen LogP contribution in [0.4, 0.5) is 0 Å². The molecule has 3 rings (SSSR count). The smallest absolute Gasteiger partial charge is 0.314 e. The van der Waals surface area contributed by atoms with Gasteiger partial charge in [-0.2, -0.15) is 0 Å². The molecule has 0 unspecified atom stereocenters. The van der Waals surface area contributed by atoms with Crippen molar-refractivity contribution >= 4 is 28.6 Å². The highest BCUT2D eigenvalue weighted by Crippen LogP contribution is 2.58. The van der Waals surface area contributed by atoms with Crippen molar-refractivity contribution in [3.63, 3.8) is 0 Å². The van der Waals surface area contributed by atoms with Crippen molar-refractivity contribution in [2.45, 2.75) is 50.7 Å². The van der Waals surface area contributed by atoms with Gasteiger partial charge in [0.2, 0.25) is 0 Å². The highest BCUT2D eigenvalue weighted by Gasteiger charge is 2.63. The van der Waals surface area contributed by atoms with Crippen molar-refractivity contribution in [1.29, 1.82) is 0 Å². The highest BCUT2D eigenvalue weighted by molar-refractivity contribution is 14.1. The number of halogens is 1. The lowest BCUT2D eigenvalue weighted by Gasteiger charge is -2.60. The van der Waals surface area contributed by atoms with Crippen molar-refractivity contribution in [3.05, 3.63) is 0 Å². The molecular formula is C12H19IO3. The maximum atomic E-state index is 12.0. The van der Waals surface area contributed by atoms with E-state index in [0.29, 0.717) is 0 Å². The Bertz CT molecular complexity index is 303. The monoisotopic (exact) mass is 338 g/mol. The third-order valence-electron chi connectivity index (χ3n) is 4.46. The number of alkyl halides is 1. The lowest BCUT2D eigenvalue weighted by molar-refractivity contribution is -0.268. The largest absolute Gasteiger partial charge is 0.469 e. The molecule has 0 radical (unpaired) electrons. The number of carbonyl (C=O) groups is 1. The topological polar surface area (TPSA) is 35.5 Å². The van der Waals surface area contributed by atoms with Gasteiger partial charge in [-0.15, -0.1) is 0 Å². The van der Waals surface area contributed by atoms with E-state index in [1.165, 1.54) is 7.11 Å². The number of rotatable bonds is 2. The van der Waals surface area contributed by atoms with E-state index >= 15 is 0 Å². The van der Waals surface area contributed by atoms with Crippen LogP contribution >= 0.6 is 22.6 Å². The molecule has 0 aromatic rings. The Hall–Kier alpha value is 0.160. The highest BCUT2D eigenvalue weighted by atomic mass is 127. The van der Waals surface area contributed by atoms with Crippen LogP contribution in [0.1, 0.15) is 39.5 Å². The predicted molar refractivity (Wildman–Crippen MR) is 69.7 cm³/mol. The van der Waals surface area contributed by atoms with Crippen LogP contribution in [0.3, 0.4) is 0 Å². The van der Waals surface area contributed by atoms with E-state index in [9.17, 15) is 4.79 Å². The molecule has 2 aliphatic heterocycles. The van der Waals surface area contributed by atoms with E-state index < -0.39 is 11.0 Å². The molecule has 0 aromatic carbocycles. The molecule has 0 amide bonds. The Morgan fingerprint density at radius 1 is 1.31 bits per heavy atom. The summed E-state index contributed by atoms with van der Waals surface area (Å²) in [7, 11) is 1.47. The number of esters is 1. The van der Waals surface area contributed by atoms with Crippen LogP contribution in [0.2, 0.25) is 0 Å². The van der Waals surface area contributed by atoms with E-state index in [-0.39, 0.29) is 11.6 Å². The first-order valence-electron chi connectivity index (χ1n) is 5.76. The molecule has 0 atom stereocenters. The summed E-state index contributed by atoms with van der Waals surface area (Å²) in [6, 6.07) is 0. The normalized spacial score (nSPS) is 40.8. The molecule has 3 fully saturated rings. The molecular weight excluding hydrogens is 319 g/mol. The fraction of sp³-hybridized carbons (Fsp3) is 0.917. The summed E-state index contributed by atoms with van der Waals surface area (Å²) in [5.74, 6) is -0.0979. The molecule has 0 aromatic heterocycles. The Labute approximate surface area is 110 Å². The first-order valence-corrected chi connectivity index (χ1v) is 7.29. The summed E-state index contributed by atoms with van der Waals surface area (Å²) >= 11 is 2.39. The van der Waals surface area contributed by atoms with Gasteiger partial charge in [0, 0.05) is 4.43 Å². The standard InChI is InChI=1S/C12H19IO3/c1-10(2)12(9(14)15-3)6-4-11(8-13,16-10)5-7-12/h4-8H2,1-3H3. The fourth-order valence-corrected chi connectivity index (χ4v) is 4.20. The minimum absolute atomic E-state index is 0.000167. The third kappa shape index (κ3) is 1.52. The maximum Gasteiger partial charge on any atom is 0.314 e. The van der Waals surface area contributed by atoms with Crippen LogP contribution in [0.25, 0.3) is 0 Å². The van der Waals surface area contributed by atoms with E-state index in [1.807, 2.05) is 13.8 Å². The van der Waals surface area contributed by atoms with Gasteiger partial charge in [-0.25, -0.2) is 0 Å². The zero-order valence-electron chi connectivity index (χ0n) is 10.1. The van der Waals surface area contributed by atoms with Crippen LogP contribution < -0.4 is 0 Å². The van der Waals surface area contributed by atoms with Gasteiger partial charge in [0.15, 0.2) is 0 Å². The van der Waals surface area contributed by atoms with Crippen LogP contribution in [-0.2, 0) is 14.3 Å². The molecule has 2 heterocycles. The average Bonchev–Trinajstić information content (AvgIpc) is 2.28. The zero-order chi connectivity index (χ0) is 12.0. The minimum Gasteiger partial charge on any atom is -0.469 e. The summed E-state index contributed by atoms with van der Waals surface area (Å²) in [5.41, 5.74) is -0.823. The van der Waals surface area contributed by atoms with E-state index in [0.717, 1.165) is 30.1 Å². The van der Waals surface area contributed by atoms with Gasteiger partial charge < -0.3 is 9.47 Å². The number of carbonyl (C=O) groups excluding carboxylic acids is 1. The van der Waals surface area contributed by atoms with Gasteiger partial charge in [0.25, 0.3) is 0 Å². The van der Waals surface area contributed by atoms with Gasteiger partial charge in [0.05, 0.1) is 23.7 Å². The molecule has 2 bridgehead atoms. The van der Waals surface area contributed by atoms with Gasteiger partial charge >= 0.3 is 5.97 Å². The van der Waals surface area contributed by atoms with Crippen molar-refractivity contribution < 1.29 is 14.3 Å². The Morgan fingerprint density at radius 3 is 2.25 bits per heavy atom. The number of ether oxygens (including phenoxy) is 2. The second-order valence-corrected chi connectivity index (χ2v) is 6.27. The van der Waals surface area contributed by atoms with Crippen molar-refractivity contribution in [2.24, 2.45) is 5.41 Å². The van der Waals surface area contributed by atoms with E-state index in [4.69, 9.17) is 9.47 Å². The molecule has 3 aliphatic rings. The maximum absolute atomic E-state index is 12.0. The van der Waals surface area contributed by atoms with Crippen molar-refractivity contribution in [2.75, 3.05) is 11.5 Å². The van der Waals surface area contributed by atoms with Gasteiger partial charge in [-0.3, -0.25) is 4.79 Å². The summed E-state index contributed by atoms with van der Waals surface area (Å²) < 4.78 is 12.2. The van der Waals surface area contributed by atoms with Crippen molar-refractivity contribution in [3.8, 4) is 0 Å². The molecule has 1 saturated carbocycles. The zero-order valence-corrected chi connectivity index (χ0v) is 12.3. The second-order valence-electron chi connectivity index (χ2n) is 5.50. The summed E-state index contributed by atoms with van der Waals surface area (Å²) in [6.07, 6.45) is 3.76. The van der Waals surface area contributed by atoms with E-state index in [1.54, 1.807) is 0 Å². The summed E-state index contributed by atoms with van der Waals surface area (Å²) in [4.78, 5) is 12.0. The van der Waals surface area contributed by atoms with Crippen LogP contribution in [0, 0.1) is 5.41 Å². The molecule has 1 aliphatic carbocycles. The quantitative estimate of drug-likeness (QED) is 0.441. The lowest BCUT2D eigenvalue weighted by atomic mass is 9.58. The number of hydrogen-bond donors (Lipinski definition) is 0. The number of methoxy groups -OCH3 is 1. The van der Waals surface area contributed by atoms with Crippen LogP contribution in [0.5, 0.6) is 0 Å². The first kappa shape index (κ1) is 12.6. The molecule has 16 heavy (non-hydrogen) atoms. The van der Waals surface area contributed by atoms with Gasteiger partial charge in [-0.1, -0.05) is 22.6 Å².